The molecule has 0 radical (unpaired) electrons. The van der Waals surface area contributed by atoms with E-state index >= 15 is 0 Å². The molecule has 0 unspecified atom stereocenters. The molecule has 1 nitrogen and oxygen atoms in total. The lowest BCUT2D eigenvalue weighted by Crippen LogP contribution is -2.11. The van der Waals surface area contributed by atoms with E-state index in [2.05, 4.69) is 17.4 Å². The van der Waals surface area contributed by atoms with Gasteiger partial charge in [0.05, 0.1) is 0 Å². The largest absolute Gasteiger partial charge is 0.313 e. The second kappa shape index (κ2) is 5.73. The van der Waals surface area contributed by atoms with E-state index in [4.69, 9.17) is 0 Å². The van der Waals surface area contributed by atoms with E-state index < -0.39 is 0 Å². The standard InChI is InChI=1S/C17H16FNS/c1-2-19-11-12-6-7-14(16(18)10-12)15-5-3-4-13-8-9-20-17(13)15/h3-10,19H,2,11H2,1H3. The van der Waals surface area contributed by atoms with Crippen LogP contribution in [0.3, 0.4) is 0 Å². The van der Waals surface area contributed by atoms with Gasteiger partial charge in [-0.1, -0.05) is 37.3 Å². The fourth-order valence-electron chi connectivity index (χ4n) is 2.36. The van der Waals surface area contributed by atoms with Crippen molar-refractivity contribution >= 4 is 21.4 Å². The van der Waals surface area contributed by atoms with Crippen molar-refractivity contribution in [1.29, 1.82) is 0 Å². The molecule has 0 spiro atoms. The van der Waals surface area contributed by atoms with E-state index in [1.54, 1.807) is 17.4 Å². The molecule has 0 saturated heterocycles. The Morgan fingerprint density at radius 3 is 2.80 bits per heavy atom. The molecular formula is C17H16FNS. The van der Waals surface area contributed by atoms with Crippen LogP contribution in [0.25, 0.3) is 21.2 Å². The zero-order chi connectivity index (χ0) is 13.9. The molecule has 0 aliphatic rings. The molecule has 0 amide bonds. The molecule has 3 heteroatoms. The Morgan fingerprint density at radius 2 is 2.00 bits per heavy atom. The van der Waals surface area contributed by atoms with Gasteiger partial charge in [-0.25, -0.2) is 4.39 Å². The zero-order valence-electron chi connectivity index (χ0n) is 11.3. The van der Waals surface area contributed by atoms with Gasteiger partial charge in [-0.05, 0) is 35.0 Å². The first-order chi connectivity index (χ1) is 9.79. The summed E-state index contributed by atoms with van der Waals surface area (Å²) in [5.41, 5.74) is 2.63. The van der Waals surface area contributed by atoms with Crippen LogP contribution in [0.5, 0.6) is 0 Å². The fraction of sp³-hybridized carbons (Fsp3) is 0.176. The second-order valence-corrected chi connectivity index (χ2v) is 5.66. The van der Waals surface area contributed by atoms with Gasteiger partial charge in [0.2, 0.25) is 0 Å². The van der Waals surface area contributed by atoms with Crippen molar-refractivity contribution in [3.63, 3.8) is 0 Å². The monoisotopic (exact) mass is 285 g/mol. The number of thiophene rings is 1. The molecule has 0 atom stereocenters. The summed E-state index contributed by atoms with van der Waals surface area (Å²) >= 11 is 1.66. The maximum atomic E-state index is 14.4. The van der Waals surface area contributed by atoms with Crippen LogP contribution in [0.4, 0.5) is 4.39 Å². The molecule has 0 aliphatic carbocycles. The molecule has 0 aliphatic heterocycles. The van der Waals surface area contributed by atoms with Crippen molar-refractivity contribution in [1.82, 2.24) is 5.32 Å². The highest BCUT2D eigenvalue weighted by Gasteiger charge is 2.10. The number of benzene rings is 2. The quantitative estimate of drug-likeness (QED) is 0.725. The SMILES string of the molecule is CCNCc1ccc(-c2cccc3ccsc23)c(F)c1. The summed E-state index contributed by atoms with van der Waals surface area (Å²) in [5.74, 6) is -0.152. The molecular weight excluding hydrogens is 269 g/mol. The van der Waals surface area contributed by atoms with Crippen LogP contribution >= 0.6 is 11.3 Å². The van der Waals surface area contributed by atoms with Crippen LogP contribution in [0.15, 0.2) is 47.8 Å². The average Bonchev–Trinajstić information content (AvgIpc) is 2.94. The maximum absolute atomic E-state index is 14.4. The van der Waals surface area contributed by atoms with Crippen LogP contribution in [-0.4, -0.2) is 6.54 Å². The number of rotatable bonds is 4. The number of hydrogen-bond donors (Lipinski definition) is 1. The summed E-state index contributed by atoms with van der Waals surface area (Å²) in [6.07, 6.45) is 0. The van der Waals surface area contributed by atoms with Gasteiger partial charge in [0.25, 0.3) is 0 Å². The molecule has 1 aromatic heterocycles. The van der Waals surface area contributed by atoms with Crippen molar-refractivity contribution in [2.75, 3.05) is 6.54 Å². The number of halogens is 1. The topological polar surface area (TPSA) is 12.0 Å². The van der Waals surface area contributed by atoms with Crippen LogP contribution in [0.2, 0.25) is 0 Å². The average molecular weight is 285 g/mol. The molecule has 1 N–H and O–H groups in total. The van der Waals surface area contributed by atoms with E-state index in [9.17, 15) is 4.39 Å². The Hall–Kier alpha value is -1.71. The second-order valence-electron chi connectivity index (χ2n) is 4.74. The highest BCUT2D eigenvalue weighted by atomic mass is 32.1. The zero-order valence-corrected chi connectivity index (χ0v) is 12.1. The molecule has 3 rings (SSSR count). The molecule has 2 aromatic carbocycles. The van der Waals surface area contributed by atoms with E-state index in [1.165, 1.54) is 5.39 Å². The lowest BCUT2D eigenvalue weighted by molar-refractivity contribution is 0.625. The minimum absolute atomic E-state index is 0.152. The number of nitrogens with one attached hydrogen (secondary N) is 1. The number of hydrogen-bond acceptors (Lipinski definition) is 2. The molecule has 20 heavy (non-hydrogen) atoms. The van der Waals surface area contributed by atoms with Gasteiger partial charge < -0.3 is 5.32 Å². The van der Waals surface area contributed by atoms with Gasteiger partial charge >= 0.3 is 0 Å². The van der Waals surface area contributed by atoms with Gasteiger partial charge in [-0.3, -0.25) is 0 Å². The van der Waals surface area contributed by atoms with E-state index in [1.807, 2.05) is 36.6 Å². The Kier molecular flexibility index (Phi) is 3.81. The smallest absolute Gasteiger partial charge is 0.131 e. The minimum atomic E-state index is -0.152. The Labute approximate surface area is 122 Å². The van der Waals surface area contributed by atoms with Crippen LogP contribution in [-0.2, 0) is 6.54 Å². The summed E-state index contributed by atoms with van der Waals surface area (Å²) in [7, 11) is 0. The van der Waals surface area contributed by atoms with Crippen molar-refractivity contribution in [2.24, 2.45) is 0 Å². The number of fused-ring (bicyclic) bond motifs is 1. The third kappa shape index (κ3) is 2.47. The highest BCUT2D eigenvalue weighted by molar-refractivity contribution is 7.17. The Bertz CT molecular complexity index is 733. The first kappa shape index (κ1) is 13.3. The third-order valence-corrected chi connectivity index (χ3v) is 4.35. The highest BCUT2D eigenvalue weighted by Crippen LogP contribution is 2.34. The van der Waals surface area contributed by atoms with E-state index in [0.717, 1.165) is 22.4 Å². The molecule has 0 saturated carbocycles. The molecule has 0 fully saturated rings. The predicted molar refractivity (Wildman–Crippen MR) is 84.6 cm³/mol. The van der Waals surface area contributed by atoms with Crippen molar-refractivity contribution in [3.05, 3.63) is 59.2 Å². The minimum Gasteiger partial charge on any atom is -0.313 e. The first-order valence-corrected chi connectivity index (χ1v) is 7.63. The summed E-state index contributed by atoms with van der Waals surface area (Å²) < 4.78 is 15.5. The Morgan fingerprint density at radius 1 is 1.10 bits per heavy atom. The van der Waals surface area contributed by atoms with Gasteiger partial charge in [0, 0.05) is 22.4 Å². The van der Waals surface area contributed by atoms with Gasteiger partial charge in [0.1, 0.15) is 5.82 Å². The normalized spacial score (nSPS) is 11.1. The first-order valence-electron chi connectivity index (χ1n) is 6.75. The third-order valence-electron chi connectivity index (χ3n) is 3.38. The maximum Gasteiger partial charge on any atom is 0.131 e. The lowest BCUT2D eigenvalue weighted by Gasteiger charge is -2.08. The van der Waals surface area contributed by atoms with Crippen molar-refractivity contribution in [2.45, 2.75) is 13.5 Å². The molecule has 1 heterocycles. The van der Waals surface area contributed by atoms with E-state index in [-0.39, 0.29) is 5.82 Å². The van der Waals surface area contributed by atoms with E-state index in [0.29, 0.717) is 12.1 Å². The van der Waals surface area contributed by atoms with Crippen molar-refractivity contribution in [3.8, 4) is 11.1 Å². The summed E-state index contributed by atoms with van der Waals surface area (Å²) in [5, 5.41) is 6.43. The summed E-state index contributed by atoms with van der Waals surface area (Å²) in [4.78, 5) is 0. The van der Waals surface area contributed by atoms with Gasteiger partial charge in [-0.15, -0.1) is 11.3 Å². The molecule has 0 bridgehead atoms. The fourth-order valence-corrected chi connectivity index (χ4v) is 3.29. The van der Waals surface area contributed by atoms with Crippen molar-refractivity contribution < 1.29 is 4.39 Å². The summed E-state index contributed by atoms with van der Waals surface area (Å²) in [6.45, 7) is 3.64. The van der Waals surface area contributed by atoms with Gasteiger partial charge in [0.15, 0.2) is 0 Å². The van der Waals surface area contributed by atoms with Gasteiger partial charge in [-0.2, -0.15) is 0 Å². The van der Waals surface area contributed by atoms with Crippen LogP contribution in [0, 0.1) is 5.82 Å². The van der Waals surface area contributed by atoms with Crippen LogP contribution in [0.1, 0.15) is 12.5 Å². The molecule has 102 valence electrons. The summed E-state index contributed by atoms with van der Waals surface area (Å²) in [6, 6.07) is 13.6. The lowest BCUT2D eigenvalue weighted by atomic mass is 10.0. The predicted octanol–water partition coefficient (Wildman–Crippen LogP) is 4.82. The molecule has 3 aromatic rings. The Balaban J connectivity index is 2.04. The van der Waals surface area contributed by atoms with Crippen LogP contribution < -0.4 is 5.32 Å².